The van der Waals surface area contributed by atoms with Crippen molar-refractivity contribution >= 4 is 23.3 Å². The third-order valence-corrected chi connectivity index (χ3v) is 5.73. The molecule has 30 heavy (non-hydrogen) atoms. The molecule has 0 spiro atoms. The highest BCUT2D eigenvalue weighted by atomic mass is 35.5. The quantitative estimate of drug-likeness (QED) is 0.564. The van der Waals surface area contributed by atoms with E-state index >= 15 is 0 Å². The fraction of sp³-hybridized carbons (Fsp3) is 0.304. The zero-order valence-electron chi connectivity index (χ0n) is 17.1. The Morgan fingerprint density at radius 2 is 1.80 bits per heavy atom. The summed E-state index contributed by atoms with van der Waals surface area (Å²) in [6.45, 7) is 6.35. The van der Waals surface area contributed by atoms with E-state index in [4.69, 9.17) is 25.7 Å². The van der Waals surface area contributed by atoms with E-state index in [1.807, 2.05) is 55.5 Å². The molecule has 3 aromatic rings. The number of ether oxygens (including phenoxy) is 1. The lowest BCUT2D eigenvalue weighted by Crippen LogP contribution is -2.46. The number of piperazine rings is 1. The molecule has 1 aliphatic heterocycles. The maximum atomic E-state index is 11.6. The molecule has 0 aliphatic carbocycles. The lowest BCUT2D eigenvalue weighted by molar-refractivity contribution is 0.0600. The summed E-state index contributed by atoms with van der Waals surface area (Å²) in [6, 6.07) is 15.1. The number of carbonyl (C=O) groups excluding carboxylic acids is 1. The molecule has 0 amide bonds. The highest BCUT2D eigenvalue weighted by Crippen LogP contribution is 2.29. The van der Waals surface area contributed by atoms with Gasteiger partial charge in [-0.1, -0.05) is 23.7 Å². The summed E-state index contributed by atoms with van der Waals surface area (Å²) >= 11 is 6.28. The zero-order valence-corrected chi connectivity index (χ0v) is 17.9. The number of anilines is 1. The first-order chi connectivity index (χ1) is 14.5. The Morgan fingerprint density at radius 1 is 1.10 bits per heavy atom. The molecule has 156 valence electrons. The van der Waals surface area contributed by atoms with Crippen LogP contribution in [0.1, 0.15) is 21.8 Å². The average Bonchev–Trinajstić information content (AvgIpc) is 3.14. The SMILES string of the molecule is COC(=O)c1ccc(N2CCN(Cc3nc(-c4ccccc4Cl)oc3C)CC2)cc1. The molecule has 0 radical (unpaired) electrons. The van der Waals surface area contributed by atoms with Gasteiger partial charge in [0.05, 0.1) is 29.0 Å². The first kappa shape index (κ1) is 20.4. The van der Waals surface area contributed by atoms with Gasteiger partial charge in [-0.2, -0.15) is 0 Å². The number of nitrogens with zero attached hydrogens (tertiary/aromatic N) is 3. The molecule has 1 aliphatic rings. The first-order valence-electron chi connectivity index (χ1n) is 9.92. The monoisotopic (exact) mass is 425 g/mol. The van der Waals surface area contributed by atoms with Gasteiger partial charge in [-0.3, -0.25) is 4.90 Å². The molecular formula is C23H24ClN3O3. The first-order valence-corrected chi connectivity index (χ1v) is 10.3. The van der Waals surface area contributed by atoms with Crippen molar-refractivity contribution in [3.05, 3.63) is 70.6 Å². The highest BCUT2D eigenvalue weighted by Gasteiger charge is 2.21. The third kappa shape index (κ3) is 4.35. The number of benzene rings is 2. The Kier molecular flexibility index (Phi) is 6.06. The summed E-state index contributed by atoms with van der Waals surface area (Å²) in [4.78, 5) is 21.0. The lowest BCUT2D eigenvalue weighted by atomic mass is 10.1. The molecular weight excluding hydrogens is 402 g/mol. The maximum absolute atomic E-state index is 11.6. The minimum atomic E-state index is -0.314. The number of aromatic nitrogens is 1. The van der Waals surface area contributed by atoms with Crippen molar-refractivity contribution in [1.29, 1.82) is 0 Å². The Labute approximate surface area is 181 Å². The Hall–Kier alpha value is -2.83. The van der Waals surface area contributed by atoms with Gasteiger partial charge in [0.15, 0.2) is 0 Å². The van der Waals surface area contributed by atoms with Gasteiger partial charge in [0.1, 0.15) is 5.76 Å². The zero-order chi connectivity index (χ0) is 21.1. The summed E-state index contributed by atoms with van der Waals surface area (Å²) in [5.41, 5.74) is 3.44. The third-order valence-electron chi connectivity index (χ3n) is 5.40. The molecule has 1 aromatic heterocycles. The smallest absolute Gasteiger partial charge is 0.337 e. The highest BCUT2D eigenvalue weighted by molar-refractivity contribution is 6.33. The fourth-order valence-corrected chi connectivity index (χ4v) is 3.84. The summed E-state index contributed by atoms with van der Waals surface area (Å²) < 4.78 is 10.6. The minimum absolute atomic E-state index is 0.314. The predicted octanol–water partition coefficient (Wildman–Crippen LogP) is 4.41. The second kappa shape index (κ2) is 8.90. The van der Waals surface area contributed by atoms with E-state index in [-0.39, 0.29) is 5.97 Å². The van der Waals surface area contributed by atoms with Crippen molar-refractivity contribution < 1.29 is 13.9 Å². The molecule has 1 fully saturated rings. The molecule has 1 saturated heterocycles. The minimum Gasteiger partial charge on any atom is -0.465 e. The van der Waals surface area contributed by atoms with Gasteiger partial charge in [0.2, 0.25) is 5.89 Å². The summed E-state index contributed by atoms with van der Waals surface area (Å²) in [6.07, 6.45) is 0. The summed E-state index contributed by atoms with van der Waals surface area (Å²) in [5, 5.41) is 0.636. The number of esters is 1. The maximum Gasteiger partial charge on any atom is 0.337 e. The van der Waals surface area contributed by atoms with Crippen molar-refractivity contribution in [2.45, 2.75) is 13.5 Å². The molecule has 4 rings (SSSR count). The number of carbonyl (C=O) groups is 1. The largest absolute Gasteiger partial charge is 0.465 e. The van der Waals surface area contributed by atoms with Gasteiger partial charge < -0.3 is 14.1 Å². The molecule has 6 nitrogen and oxygen atoms in total. The van der Waals surface area contributed by atoms with Crippen molar-refractivity contribution in [2.75, 3.05) is 38.2 Å². The van der Waals surface area contributed by atoms with Gasteiger partial charge in [-0.25, -0.2) is 9.78 Å². The van der Waals surface area contributed by atoms with Gasteiger partial charge in [0.25, 0.3) is 0 Å². The van der Waals surface area contributed by atoms with Crippen LogP contribution in [0.3, 0.4) is 0 Å². The fourth-order valence-electron chi connectivity index (χ4n) is 3.63. The summed E-state index contributed by atoms with van der Waals surface area (Å²) in [7, 11) is 1.39. The van der Waals surface area contributed by atoms with Crippen molar-refractivity contribution in [3.8, 4) is 11.5 Å². The number of rotatable bonds is 5. The van der Waals surface area contributed by atoms with E-state index in [2.05, 4.69) is 9.80 Å². The second-order valence-corrected chi connectivity index (χ2v) is 7.71. The van der Waals surface area contributed by atoms with Crippen LogP contribution in [0.25, 0.3) is 11.5 Å². The van der Waals surface area contributed by atoms with Gasteiger partial charge in [-0.15, -0.1) is 0 Å². The predicted molar refractivity (Wildman–Crippen MR) is 117 cm³/mol. The van der Waals surface area contributed by atoms with E-state index in [1.165, 1.54) is 7.11 Å². The van der Waals surface area contributed by atoms with E-state index < -0.39 is 0 Å². The standard InChI is InChI=1S/C23H24ClN3O3/c1-16-21(25-22(30-16)19-5-3-4-6-20(19)24)15-26-11-13-27(14-12-26)18-9-7-17(8-10-18)23(28)29-2/h3-10H,11-15H2,1-2H3. The van der Waals surface area contributed by atoms with Crippen LogP contribution < -0.4 is 4.90 Å². The number of oxazole rings is 1. The Bertz CT molecular complexity index is 1020. The lowest BCUT2D eigenvalue weighted by Gasteiger charge is -2.35. The van der Waals surface area contributed by atoms with Gasteiger partial charge in [0, 0.05) is 38.4 Å². The van der Waals surface area contributed by atoms with Crippen LogP contribution in [0.5, 0.6) is 0 Å². The van der Waals surface area contributed by atoms with Crippen LogP contribution in [-0.4, -0.2) is 49.1 Å². The normalized spacial score (nSPS) is 14.7. The summed E-state index contributed by atoms with van der Waals surface area (Å²) in [5.74, 6) is 1.08. The average molecular weight is 426 g/mol. The van der Waals surface area contributed by atoms with Crippen LogP contribution >= 0.6 is 11.6 Å². The molecule has 0 bridgehead atoms. The Balaban J connectivity index is 1.37. The van der Waals surface area contributed by atoms with E-state index in [0.717, 1.165) is 55.4 Å². The van der Waals surface area contributed by atoms with Gasteiger partial charge >= 0.3 is 5.97 Å². The van der Waals surface area contributed by atoms with E-state index in [9.17, 15) is 4.79 Å². The van der Waals surface area contributed by atoms with Crippen LogP contribution in [0.2, 0.25) is 5.02 Å². The second-order valence-electron chi connectivity index (χ2n) is 7.30. The number of hydrogen-bond acceptors (Lipinski definition) is 6. The van der Waals surface area contributed by atoms with Crippen LogP contribution in [-0.2, 0) is 11.3 Å². The van der Waals surface area contributed by atoms with E-state index in [1.54, 1.807) is 0 Å². The number of aryl methyl sites for hydroxylation is 1. The number of hydrogen-bond donors (Lipinski definition) is 0. The molecule has 0 atom stereocenters. The molecule has 2 heterocycles. The van der Waals surface area contributed by atoms with E-state index in [0.29, 0.717) is 16.5 Å². The van der Waals surface area contributed by atoms with Crippen LogP contribution in [0, 0.1) is 6.92 Å². The number of methoxy groups -OCH3 is 1. The molecule has 7 heteroatoms. The molecule has 0 N–H and O–H groups in total. The Morgan fingerprint density at radius 3 is 2.47 bits per heavy atom. The topological polar surface area (TPSA) is 58.8 Å². The molecule has 2 aromatic carbocycles. The molecule has 0 saturated carbocycles. The van der Waals surface area contributed by atoms with Crippen LogP contribution in [0.4, 0.5) is 5.69 Å². The molecule has 0 unspecified atom stereocenters. The van der Waals surface area contributed by atoms with Crippen molar-refractivity contribution in [1.82, 2.24) is 9.88 Å². The van der Waals surface area contributed by atoms with Crippen molar-refractivity contribution in [3.63, 3.8) is 0 Å². The number of halogens is 1. The van der Waals surface area contributed by atoms with Gasteiger partial charge in [-0.05, 0) is 43.3 Å². The van der Waals surface area contributed by atoms with Crippen molar-refractivity contribution in [2.24, 2.45) is 0 Å². The van der Waals surface area contributed by atoms with Crippen LogP contribution in [0.15, 0.2) is 52.9 Å².